The lowest BCUT2D eigenvalue weighted by Crippen LogP contribution is -2.48. The number of carbonyl (C=O) groups excluding carboxylic acids is 1. The number of fused-ring (bicyclic) bond motifs is 4. The van der Waals surface area contributed by atoms with Crippen LogP contribution in [0.3, 0.4) is 0 Å². The number of amides is 2. The number of para-hydroxylation sites is 1. The number of hydrogen-bond acceptors (Lipinski definition) is 3. The largest absolute Gasteiger partial charge is 0.416 e. The maximum Gasteiger partial charge on any atom is 0.416 e. The first kappa shape index (κ1) is 23.2. The summed E-state index contributed by atoms with van der Waals surface area (Å²) >= 11 is 0. The Kier molecular flexibility index (Phi) is 5.91. The van der Waals surface area contributed by atoms with Crippen LogP contribution in [0.2, 0.25) is 0 Å². The minimum absolute atomic E-state index is 0.0503. The van der Waals surface area contributed by atoms with Crippen molar-refractivity contribution < 1.29 is 18.0 Å². The van der Waals surface area contributed by atoms with Crippen molar-refractivity contribution in [2.75, 3.05) is 28.2 Å². The van der Waals surface area contributed by atoms with Crippen molar-refractivity contribution in [3.8, 4) is 11.3 Å². The fourth-order valence-electron chi connectivity index (χ4n) is 5.06. The fraction of sp³-hybridized carbons (Fsp3) is 0.333. The number of anilines is 3. The molecular weight excluding hydrogens is 453 g/mol. The van der Waals surface area contributed by atoms with Crippen molar-refractivity contribution in [1.29, 1.82) is 0 Å². The SMILES string of the molecule is CCc1cccc(CC)c1NC(=O)N1c2nc(-c3cccc(C(F)(F)F)c3)ccc2N2CCC1C2. The number of pyridine rings is 1. The molecule has 1 aromatic heterocycles. The van der Waals surface area contributed by atoms with E-state index in [2.05, 4.69) is 24.1 Å². The number of rotatable bonds is 4. The highest BCUT2D eigenvalue weighted by Crippen LogP contribution is 2.41. The van der Waals surface area contributed by atoms with Gasteiger partial charge in [0.2, 0.25) is 0 Å². The monoisotopic (exact) mass is 480 g/mol. The number of hydrogen-bond donors (Lipinski definition) is 1. The van der Waals surface area contributed by atoms with Gasteiger partial charge in [-0.3, -0.25) is 4.90 Å². The van der Waals surface area contributed by atoms with E-state index in [9.17, 15) is 18.0 Å². The van der Waals surface area contributed by atoms with Crippen LogP contribution < -0.4 is 15.1 Å². The fourth-order valence-corrected chi connectivity index (χ4v) is 5.06. The number of carbonyl (C=O) groups is 1. The summed E-state index contributed by atoms with van der Waals surface area (Å²) in [5.74, 6) is 0.484. The number of nitrogens with one attached hydrogen (secondary N) is 1. The summed E-state index contributed by atoms with van der Waals surface area (Å²) in [7, 11) is 0. The average Bonchev–Trinajstić information content (AvgIpc) is 3.27. The standard InChI is InChI=1S/C27H27F3N4O/c1-3-17-7-5-8-18(4-2)24(17)32-26(35)34-21-13-14-33(16-21)23-12-11-22(31-25(23)34)19-9-6-10-20(15-19)27(28,29)30/h5-12,15,21H,3-4,13-14,16H2,1-2H3,(H,32,35). The Morgan fingerprint density at radius 2 is 1.77 bits per heavy atom. The van der Waals surface area contributed by atoms with Crippen LogP contribution in [0, 0.1) is 0 Å². The summed E-state index contributed by atoms with van der Waals surface area (Å²) in [5.41, 5.74) is 3.82. The smallest absolute Gasteiger partial charge is 0.366 e. The lowest BCUT2D eigenvalue weighted by molar-refractivity contribution is -0.137. The topological polar surface area (TPSA) is 48.5 Å². The number of benzene rings is 2. The summed E-state index contributed by atoms with van der Waals surface area (Å²) in [6, 6.07) is 14.4. The molecule has 1 N–H and O–H groups in total. The Labute approximate surface area is 202 Å². The van der Waals surface area contributed by atoms with Gasteiger partial charge in [-0.05, 0) is 54.7 Å². The van der Waals surface area contributed by atoms with Crippen LogP contribution in [0.25, 0.3) is 11.3 Å². The molecule has 1 atom stereocenters. The van der Waals surface area contributed by atoms with Gasteiger partial charge in [-0.25, -0.2) is 9.78 Å². The molecule has 0 aliphatic carbocycles. The van der Waals surface area contributed by atoms with Gasteiger partial charge in [0.15, 0.2) is 5.82 Å². The van der Waals surface area contributed by atoms with Crippen LogP contribution in [-0.2, 0) is 19.0 Å². The van der Waals surface area contributed by atoms with Gasteiger partial charge in [0, 0.05) is 24.3 Å². The molecular formula is C27H27F3N4O. The van der Waals surface area contributed by atoms with Crippen molar-refractivity contribution in [1.82, 2.24) is 4.98 Å². The second-order valence-electron chi connectivity index (χ2n) is 8.96. The van der Waals surface area contributed by atoms with Crippen molar-refractivity contribution in [2.24, 2.45) is 0 Å². The molecule has 1 unspecified atom stereocenters. The molecule has 2 aromatic carbocycles. The Balaban J connectivity index is 1.54. The first-order chi connectivity index (χ1) is 16.8. The maximum absolute atomic E-state index is 13.7. The summed E-state index contributed by atoms with van der Waals surface area (Å²) in [6.45, 7) is 5.62. The average molecular weight is 481 g/mol. The molecule has 8 heteroatoms. The van der Waals surface area contributed by atoms with Gasteiger partial charge < -0.3 is 10.2 Å². The molecule has 3 aromatic rings. The quantitative estimate of drug-likeness (QED) is 0.462. The van der Waals surface area contributed by atoms with E-state index in [4.69, 9.17) is 4.98 Å². The zero-order chi connectivity index (χ0) is 24.7. The van der Waals surface area contributed by atoms with Crippen molar-refractivity contribution >= 4 is 23.2 Å². The molecule has 2 amide bonds. The molecule has 2 bridgehead atoms. The normalized spacial score (nSPS) is 16.9. The Bertz CT molecular complexity index is 1250. The zero-order valence-electron chi connectivity index (χ0n) is 19.7. The summed E-state index contributed by atoms with van der Waals surface area (Å²) in [4.78, 5) is 22.3. The minimum atomic E-state index is -4.44. The highest BCUT2D eigenvalue weighted by atomic mass is 19.4. The number of alkyl halides is 3. The predicted octanol–water partition coefficient (Wildman–Crippen LogP) is 6.52. The van der Waals surface area contributed by atoms with E-state index in [0.29, 0.717) is 23.6 Å². The summed E-state index contributed by atoms with van der Waals surface area (Å²) < 4.78 is 39.8. The number of aromatic nitrogens is 1. The number of nitrogens with zero attached hydrogens (tertiary/aromatic N) is 3. The third kappa shape index (κ3) is 4.22. The van der Waals surface area contributed by atoms with Gasteiger partial charge in [0.25, 0.3) is 0 Å². The maximum atomic E-state index is 13.7. The second-order valence-corrected chi connectivity index (χ2v) is 8.96. The van der Waals surface area contributed by atoms with E-state index < -0.39 is 11.7 Å². The molecule has 0 radical (unpaired) electrons. The highest BCUT2D eigenvalue weighted by molar-refractivity contribution is 6.05. The first-order valence-corrected chi connectivity index (χ1v) is 11.9. The van der Waals surface area contributed by atoms with Gasteiger partial charge in [-0.15, -0.1) is 0 Å². The van der Waals surface area contributed by atoms with Crippen LogP contribution in [-0.4, -0.2) is 30.1 Å². The molecule has 0 spiro atoms. The van der Waals surface area contributed by atoms with Crippen LogP contribution in [0.1, 0.15) is 37.0 Å². The third-order valence-electron chi connectivity index (χ3n) is 6.89. The van der Waals surface area contributed by atoms with Gasteiger partial charge in [0.05, 0.1) is 23.0 Å². The number of urea groups is 1. The van der Waals surface area contributed by atoms with Crippen LogP contribution in [0.4, 0.5) is 35.2 Å². The molecule has 5 rings (SSSR count). The molecule has 2 aliphatic heterocycles. The number of aryl methyl sites for hydroxylation is 2. The van der Waals surface area contributed by atoms with Crippen LogP contribution >= 0.6 is 0 Å². The van der Waals surface area contributed by atoms with E-state index in [1.165, 1.54) is 6.07 Å². The Morgan fingerprint density at radius 3 is 2.46 bits per heavy atom. The summed E-state index contributed by atoms with van der Waals surface area (Å²) in [5, 5.41) is 3.14. The van der Waals surface area contributed by atoms with E-state index in [-0.39, 0.29) is 12.1 Å². The van der Waals surface area contributed by atoms with E-state index in [1.807, 2.05) is 24.3 Å². The van der Waals surface area contributed by atoms with E-state index in [0.717, 1.165) is 60.4 Å². The summed E-state index contributed by atoms with van der Waals surface area (Å²) in [6.07, 6.45) is -2.06. The minimum Gasteiger partial charge on any atom is -0.366 e. The third-order valence-corrected chi connectivity index (χ3v) is 6.89. The molecule has 5 nitrogen and oxygen atoms in total. The molecule has 1 saturated heterocycles. The van der Waals surface area contributed by atoms with Gasteiger partial charge in [-0.1, -0.05) is 44.2 Å². The first-order valence-electron chi connectivity index (χ1n) is 11.9. The highest BCUT2D eigenvalue weighted by Gasteiger charge is 2.40. The lowest BCUT2D eigenvalue weighted by atomic mass is 10.0. The van der Waals surface area contributed by atoms with Crippen LogP contribution in [0.5, 0.6) is 0 Å². The molecule has 1 fully saturated rings. The Hall–Kier alpha value is -3.55. The zero-order valence-corrected chi connectivity index (χ0v) is 19.7. The van der Waals surface area contributed by atoms with Crippen molar-refractivity contribution in [3.63, 3.8) is 0 Å². The molecule has 0 saturated carbocycles. The van der Waals surface area contributed by atoms with Gasteiger partial charge >= 0.3 is 12.2 Å². The van der Waals surface area contributed by atoms with E-state index >= 15 is 0 Å². The molecule has 182 valence electrons. The van der Waals surface area contributed by atoms with Gasteiger partial charge in [-0.2, -0.15) is 13.2 Å². The molecule has 2 aliphatic rings. The predicted molar refractivity (Wildman–Crippen MR) is 132 cm³/mol. The number of halogens is 3. The Morgan fingerprint density at radius 1 is 1.06 bits per heavy atom. The van der Waals surface area contributed by atoms with E-state index in [1.54, 1.807) is 17.0 Å². The van der Waals surface area contributed by atoms with Gasteiger partial charge in [0.1, 0.15) is 0 Å². The second kappa shape index (κ2) is 8.91. The molecule has 3 heterocycles. The van der Waals surface area contributed by atoms with Crippen LogP contribution in [0.15, 0.2) is 54.6 Å². The van der Waals surface area contributed by atoms with Crippen molar-refractivity contribution in [2.45, 2.75) is 45.3 Å². The molecule has 35 heavy (non-hydrogen) atoms. The lowest BCUT2D eigenvalue weighted by Gasteiger charge is -2.36. The van der Waals surface area contributed by atoms with Crippen molar-refractivity contribution in [3.05, 3.63) is 71.3 Å².